The van der Waals surface area contributed by atoms with Gasteiger partial charge in [0.25, 0.3) is 0 Å². The molecular weight excluding hydrogens is 458 g/mol. The number of nitrogens with one attached hydrogen (secondary N) is 2. The van der Waals surface area contributed by atoms with Crippen molar-refractivity contribution in [3.63, 3.8) is 0 Å². The monoisotopic (exact) mass is 482 g/mol. The van der Waals surface area contributed by atoms with Gasteiger partial charge in [0.2, 0.25) is 5.91 Å². The standard InChI is InChI=1S/C21H24F6N2O4/c1-19-9-14(18(32)28-5-4-17(30)31)15(29-19)2-3-16(19)33-10-11-6-12(20(22,23)24)8-13(7-11)21(25,26)27/h6-8,14-16,29H,2-5,9-10H2,1H3,(H,28,32)(H,30,31). The van der Waals surface area contributed by atoms with Gasteiger partial charge in [-0.1, -0.05) is 0 Å². The van der Waals surface area contributed by atoms with Gasteiger partial charge >= 0.3 is 18.3 Å². The number of aliphatic carboxylic acids is 1. The van der Waals surface area contributed by atoms with E-state index in [1.165, 1.54) is 0 Å². The van der Waals surface area contributed by atoms with Crippen molar-refractivity contribution in [1.29, 1.82) is 0 Å². The number of rotatable bonds is 7. The van der Waals surface area contributed by atoms with Crippen LogP contribution in [0.5, 0.6) is 0 Å². The van der Waals surface area contributed by atoms with Crippen molar-refractivity contribution in [3.8, 4) is 0 Å². The number of alkyl halides is 6. The number of carbonyl (C=O) groups excluding carboxylic acids is 1. The van der Waals surface area contributed by atoms with Crippen LogP contribution in [-0.4, -0.2) is 41.2 Å². The molecular formula is C21H24F6N2O4. The van der Waals surface area contributed by atoms with Gasteiger partial charge in [0.05, 0.1) is 36.2 Å². The van der Waals surface area contributed by atoms with Gasteiger partial charge in [0.1, 0.15) is 0 Å². The number of piperidine rings is 1. The zero-order valence-electron chi connectivity index (χ0n) is 17.6. The van der Waals surface area contributed by atoms with E-state index in [4.69, 9.17) is 9.84 Å². The Hall–Kier alpha value is -2.34. The summed E-state index contributed by atoms with van der Waals surface area (Å²) in [5, 5.41) is 14.6. The van der Waals surface area contributed by atoms with E-state index in [1.807, 2.05) is 0 Å². The topological polar surface area (TPSA) is 87.7 Å². The summed E-state index contributed by atoms with van der Waals surface area (Å²) in [6.45, 7) is 1.34. The molecule has 0 saturated carbocycles. The maximum atomic E-state index is 13.1. The maximum absolute atomic E-state index is 13.1. The summed E-state index contributed by atoms with van der Waals surface area (Å²) in [6.07, 6.45) is -9.28. The van der Waals surface area contributed by atoms with Crippen molar-refractivity contribution in [2.75, 3.05) is 6.54 Å². The first-order valence-electron chi connectivity index (χ1n) is 10.4. The van der Waals surface area contributed by atoms with E-state index < -0.39 is 53.6 Å². The average molecular weight is 482 g/mol. The Labute approximate surface area is 185 Å². The van der Waals surface area contributed by atoms with Crippen LogP contribution in [0.25, 0.3) is 0 Å². The molecule has 1 aromatic carbocycles. The lowest BCUT2D eigenvalue weighted by molar-refractivity contribution is -0.143. The van der Waals surface area contributed by atoms with Crippen molar-refractivity contribution >= 4 is 11.9 Å². The normalized spacial score (nSPS) is 27.4. The molecule has 4 unspecified atom stereocenters. The number of fused-ring (bicyclic) bond motifs is 2. The lowest BCUT2D eigenvalue weighted by Gasteiger charge is -2.39. The first-order valence-corrected chi connectivity index (χ1v) is 10.4. The quantitative estimate of drug-likeness (QED) is 0.516. The molecule has 1 amide bonds. The predicted molar refractivity (Wildman–Crippen MR) is 103 cm³/mol. The molecule has 2 bridgehead atoms. The zero-order valence-corrected chi connectivity index (χ0v) is 17.6. The van der Waals surface area contributed by atoms with Crippen LogP contribution in [0.3, 0.4) is 0 Å². The van der Waals surface area contributed by atoms with Crippen LogP contribution in [0.1, 0.15) is 49.3 Å². The zero-order chi connectivity index (χ0) is 24.6. The number of hydrogen-bond donors (Lipinski definition) is 3. The third kappa shape index (κ3) is 5.97. The molecule has 2 aliphatic rings. The van der Waals surface area contributed by atoms with Gasteiger partial charge in [-0.3, -0.25) is 9.59 Å². The van der Waals surface area contributed by atoms with Crippen LogP contribution in [-0.2, 0) is 33.3 Å². The molecule has 1 aromatic rings. The molecule has 2 saturated heterocycles. The van der Waals surface area contributed by atoms with Crippen molar-refractivity contribution in [2.24, 2.45) is 5.92 Å². The molecule has 0 spiro atoms. The summed E-state index contributed by atoms with van der Waals surface area (Å²) in [6, 6.07) is 1.18. The second-order valence-electron chi connectivity index (χ2n) is 8.70. The highest BCUT2D eigenvalue weighted by molar-refractivity contribution is 5.80. The third-order valence-electron chi connectivity index (χ3n) is 6.17. The Morgan fingerprint density at radius 1 is 1.12 bits per heavy atom. The van der Waals surface area contributed by atoms with Gasteiger partial charge in [-0.2, -0.15) is 26.3 Å². The SMILES string of the molecule is CC12CC(C(=O)NCCC(=O)O)C(CCC1OCc1cc(C(F)(F)F)cc(C(F)(F)F)c1)N2. The van der Waals surface area contributed by atoms with Crippen molar-refractivity contribution < 1.29 is 45.8 Å². The van der Waals surface area contributed by atoms with E-state index >= 15 is 0 Å². The molecule has 12 heteroatoms. The number of hydrogen-bond acceptors (Lipinski definition) is 4. The van der Waals surface area contributed by atoms with Gasteiger partial charge in [0.15, 0.2) is 0 Å². The fourth-order valence-electron chi connectivity index (χ4n) is 4.60. The Balaban J connectivity index is 1.68. The summed E-state index contributed by atoms with van der Waals surface area (Å²) < 4.78 is 84.2. The average Bonchev–Trinajstić information content (AvgIpc) is 2.97. The van der Waals surface area contributed by atoms with Crippen molar-refractivity contribution in [2.45, 2.75) is 69.3 Å². The highest BCUT2D eigenvalue weighted by Crippen LogP contribution is 2.42. The van der Waals surface area contributed by atoms with Gasteiger partial charge in [-0.15, -0.1) is 0 Å². The first kappa shape index (κ1) is 25.3. The van der Waals surface area contributed by atoms with E-state index in [0.717, 1.165) is 0 Å². The van der Waals surface area contributed by atoms with Crippen LogP contribution >= 0.6 is 0 Å². The summed E-state index contributed by atoms with van der Waals surface area (Å²) in [5.74, 6) is -1.78. The summed E-state index contributed by atoms with van der Waals surface area (Å²) in [7, 11) is 0. The third-order valence-corrected chi connectivity index (χ3v) is 6.17. The minimum atomic E-state index is -4.94. The molecule has 0 aromatic heterocycles. The molecule has 0 radical (unpaired) electrons. The largest absolute Gasteiger partial charge is 0.481 e. The van der Waals surface area contributed by atoms with E-state index in [9.17, 15) is 35.9 Å². The van der Waals surface area contributed by atoms with Crippen molar-refractivity contribution in [3.05, 3.63) is 34.9 Å². The van der Waals surface area contributed by atoms with Crippen LogP contribution in [0.15, 0.2) is 18.2 Å². The molecule has 3 rings (SSSR count). The number of carboxylic acids is 1. The van der Waals surface area contributed by atoms with Crippen LogP contribution < -0.4 is 10.6 Å². The van der Waals surface area contributed by atoms with Gasteiger partial charge in [-0.05, 0) is 49.9 Å². The smallest absolute Gasteiger partial charge is 0.416 e. The number of halogens is 6. The lowest BCUT2D eigenvalue weighted by atomic mass is 9.88. The molecule has 3 N–H and O–H groups in total. The lowest BCUT2D eigenvalue weighted by Crippen LogP contribution is -2.55. The molecule has 33 heavy (non-hydrogen) atoms. The van der Waals surface area contributed by atoms with E-state index in [2.05, 4.69) is 10.6 Å². The molecule has 2 aliphatic heterocycles. The second-order valence-corrected chi connectivity index (χ2v) is 8.70. The summed E-state index contributed by atoms with van der Waals surface area (Å²) in [5.41, 5.74) is -3.75. The Bertz CT molecular complexity index is 871. The second kappa shape index (κ2) is 9.13. The Kier molecular flexibility index (Phi) is 6.99. The fourth-order valence-corrected chi connectivity index (χ4v) is 4.60. The van der Waals surface area contributed by atoms with E-state index in [1.54, 1.807) is 6.92 Å². The number of carbonyl (C=O) groups is 2. The molecule has 4 atom stereocenters. The maximum Gasteiger partial charge on any atom is 0.416 e. The van der Waals surface area contributed by atoms with E-state index in [0.29, 0.717) is 31.4 Å². The van der Waals surface area contributed by atoms with Gasteiger partial charge < -0.3 is 20.5 Å². The minimum Gasteiger partial charge on any atom is -0.481 e. The Morgan fingerprint density at radius 3 is 2.27 bits per heavy atom. The molecule has 6 nitrogen and oxygen atoms in total. The summed E-state index contributed by atoms with van der Waals surface area (Å²) in [4.78, 5) is 23.1. The van der Waals surface area contributed by atoms with E-state index in [-0.39, 0.29) is 36.5 Å². The van der Waals surface area contributed by atoms with Crippen LogP contribution in [0.4, 0.5) is 26.3 Å². The summed E-state index contributed by atoms with van der Waals surface area (Å²) >= 11 is 0. The predicted octanol–water partition coefficient (Wildman–Crippen LogP) is 3.73. The van der Waals surface area contributed by atoms with Crippen LogP contribution in [0, 0.1) is 5.92 Å². The van der Waals surface area contributed by atoms with Crippen LogP contribution in [0.2, 0.25) is 0 Å². The number of carboxylic acid groups (broad SMARTS) is 1. The molecule has 2 heterocycles. The first-order chi connectivity index (χ1) is 15.2. The molecule has 0 aliphatic carbocycles. The fraction of sp³-hybridized carbons (Fsp3) is 0.619. The minimum absolute atomic E-state index is 0.00882. The number of benzene rings is 1. The molecule has 184 valence electrons. The Morgan fingerprint density at radius 2 is 1.73 bits per heavy atom. The van der Waals surface area contributed by atoms with Gasteiger partial charge in [-0.25, -0.2) is 0 Å². The highest BCUT2D eigenvalue weighted by atomic mass is 19.4. The molecule has 2 fully saturated rings. The number of amides is 1. The van der Waals surface area contributed by atoms with Crippen molar-refractivity contribution in [1.82, 2.24) is 10.6 Å². The highest BCUT2D eigenvalue weighted by Gasteiger charge is 2.52. The number of ether oxygens (including phenoxy) is 1. The van der Waals surface area contributed by atoms with Gasteiger partial charge in [0, 0.05) is 18.1 Å².